The molecule has 0 bridgehead atoms. The van der Waals surface area contributed by atoms with Crippen molar-refractivity contribution in [1.29, 1.82) is 0 Å². The van der Waals surface area contributed by atoms with Gasteiger partial charge in [0.1, 0.15) is 5.75 Å². The van der Waals surface area contributed by atoms with Gasteiger partial charge >= 0.3 is 6.03 Å². The normalized spacial score (nSPS) is 17.9. The molecule has 2 aromatic rings. The quantitative estimate of drug-likeness (QED) is 0.881. The molecule has 3 rings (SSSR count). The van der Waals surface area contributed by atoms with Gasteiger partial charge in [-0.1, -0.05) is 13.0 Å². The fourth-order valence-electron chi connectivity index (χ4n) is 3.48. The monoisotopic (exact) mass is 329 g/mol. The van der Waals surface area contributed by atoms with Gasteiger partial charge in [-0.15, -0.1) is 0 Å². The van der Waals surface area contributed by atoms with Crippen molar-refractivity contribution in [1.82, 2.24) is 15.2 Å². The number of nitrogens with zero attached hydrogens (tertiary/aromatic N) is 1. The van der Waals surface area contributed by atoms with Crippen LogP contribution in [0.4, 0.5) is 4.79 Å². The number of nitrogens with one attached hydrogen (secondary N) is 2. The summed E-state index contributed by atoms with van der Waals surface area (Å²) in [6, 6.07) is 6.10. The Morgan fingerprint density at radius 2 is 2.33 bits per heavy atom. The minimum Gasteiger partial charge on any atom is -0.493 e. The number of aromatic nitrogens is 1. The molecule has 1 aromatic heterocycles. The molecule has 0 radical (unpaired) electrons. The number of carbonyl (C=O) groups is 1. The van der Waals surface area contributed by atoms with Gasteiger partial charge in [-0.25, -0.2) is 4.79 Å². The van der Waals surface area contributed by atoms with E-state index < -0.39 is 0 Å². The number of fused-ring (bicyclic) bond motifs is 1. The Labute approximate surface area is 143 Å². The molecule has 1 fully saturated rings. The van der Waals surface area contributed by atoms with Crippen molar-refractivity contribution >= 4 is 16.9 Å². The average molecular weight is 329 g/mol. The van der Waals surface area contributed by atoms with E-state index in [0.717, 1.165) is 42.6 Å². The highest BCUT2D eigenvalue weighted by atomic mass is 16.5. The molecule has 1 atom stereocenters. The molecule has 5 heteroatoms. The number of amides is 2. The molecule has 0 aliphatic carbocycles. The van der Waals surface area contributed by atoms with Gasteiger partial charge in [0.15, 0.2) is 0 Å². The van der Waals surface area contributed by atoms with Crippen molar-refractivity contribution in [2.45, 2.75) is 33.1 Å². The number of likely N-dealkylation sites (tertiary alicyclic amines) is 1. The minimum absolute atomic E-state index is 0.0615. The van der Waals surface area contributed by atoms with Gasteiger partial charge in [0.25, 0.3) is 0 Å². The van der Waals surface area contributed by atoms with Crippen molar-refractivity contribution in [2.24, 2.45) is 5.92 Å². The Morgan fingerprint density at radius 1 is 1.46 bits per heavy atom. The lowest BCUT2D eigenvalue weighted by Gasteiger charge is -2.30. The highest BCUT2D eigenvalue weighted by Crippen LogP contribution is 2.29. The summed E-state index contributed by atoms with van der Waals surface area (Å²) >= 11 is 0. The zero-order valence-electron chi connectivity index (χ0n) is 14.6. The largest absolute Gasteiger partial charge is 0.493 e. The number of hydrogen-bond donors (Lipinski definition) is 2. The van der Waals surface area contributed by atoms with Gasteiger partial charge < -0.3 is 19.9 Å². The van der Waals surface area contributed by atoms with E-state index >= 15 is 0 Å². The molecular formula is C19H27N3O2. The van der Waals surface area contributed by atoms with Crippen LogP contribution >= 0.6 is 0 Å². The van der Waals surface area contributed by atoms with E-state index in [2.05, 4.69) is 23.3 Å². The fraction of sp³-hybridized carbons (Fsp3) is 0.526. The maximum absolute atomic E-state index is 12.3. The topological polar surface area (TPSA) is 57.4 Å². The Bertz CT molecular complexity index is 695. The van der Waals surface area contributed by atoms with E-state index in [0.29, 0.717) is 19.1 Å². The van der Waals surface area contributed by atoms with Crippen LogP contribution in [-0.4, -0.2) is 42.2 Å². The summed E-state index contributed by atoms with van der Waals surface area (Å²) in [7, 11) is 0. The number of ether oxygens (including phenoxy) is 1. The summed E-state index contributed by atoms with van der Waals surface area (Å²) in [6.45, 7) is 7.22. The molecule has 1 aliphatic heterocycles. The second kappa shape index (κ2) is 7.60. The van der Waals surface area contributed by atoms with E-state index in [1.165, 1.54) is 12.0 Å². The van der Waals surface area contributed by atoms with Crippen LogP contribution in [0.25, 0.3) is 10.9 Å². The number of rotatable bonds is 5. The summed E-state index contributed by atoms with van der Waals surface area (Å²) in [4.78, 5) is 17.5. The highest BCUT2D eigenvalue weighted by molar-refractivity contribution is 5.89. The first-order chi connectivity index (χ1) is 11.7. The van der Waals surface area contributed by atoms with Crippen LogP contribution < -0.4 is 10.1 Å². The van der Waals surface area contributed by atoms with Gasteiger partial charge in [0, 0.05) is 36.7 Å². The molecule has 130 valence electrons. The van der Waals surface area contributed by atoms with Crippen molar-refractivity contribution in [2.75, 3.05) is 26.2 Å². The second-order valence-electron chi connectivity index (χ2n) is 6.60. The van der Waals surface area contributed by atoms with Crippen LogP contribution in [0.5, 0.6) is 5.75 Å². The second-order valence-corrected chi connectivity index (χ2v) is 6.60. The molecule has 2 N–H and O–H groups in total. The lowest BCUT2D eigenvalue weighted by atomic mass is 10.0. The van der Waals surface area contributed by atoms with Crippen molar-refractivity contribution < 1.29 is 9.53 Å². The van der Waals surface area contributed by atoms with Crippen LogP contribution in [0.1, 0.15) is 32.3 Å². The molecule has 0 unspecified atom stereocenters. The first-order valence-corrected chi connectivity index (χ1v) is 8.93. The minimum atomic E-state index is 0.0615. The summed E-state index contributed by atoms with van der Waals surface area (Å²) in [5, 5.41) is 4.18. The van der Waals surface area contributed by atoms with Gasteiger partial charge in [-0.3, -0.25) is 0 Å². The summed E-state index contributed by atoms with van der Waals surface area (Å²) in [6.07, 6.45) is 5.13. The molecule has 2 amide bonds. The molecular weight excluding hydrogens is 302 g/mol. The lowest BCUT2D eigenvalue weighted by molar-refractivity contribution is 0.170. The Hall–Kier alpha value is -2.17. The predicted molar refractivity (Wildman–Crippen MR) is 96.5 cm³/mol. The predicted octanol–water partition coefficient (Wildman–Crippen LogP) is 3.55. The standard InChI is InChI=1S/C19H27N3O2/c1-3-24-17-8-4-7-16-18(17)15(12-21-16)9-10-20-19(23)22-11-5-6-14(2)13-22/h4,7-8,12,14,21H,3,5-6,9-11,13H2,1-2H3,(H,20,23)/t14-/m0/s1. The zero-order chi connectivity index (χ0) is 16.9. The van der Waals surface area contributed by atoms with Crippen molar-refractivity contribution in [3.05, 3.63) is 30.0 Å². The summed E-state index contributed by atoms with van der Waals surface area (Å²) < 4.78 is 5.74. The van der Waals surface area contributed by atoms with E-state index in [4.69, 9.17) is 4.74 Å². The van der Waals surface area contributed by atoms with E-state index in [-0.39, 0.29) is 6.03 Å². The van der Waals surface area contributed by atoms with E-state index in [9.17, 15) is 4.79 Å². The van der Waals surface area contributed by atoms with Gasteiger partial charge in [0.2, 0.25) is 0 Å². The SMILES string of the molecule is CCOc1cccc2[nH]cc(CCNC(=O)N3CCC[C@H](C)C3)c12. The number of H-pyrrole nitrogens is 1. The van der Waals surface area contributed by atoms with Crippen LogP contribution in [0, 0.1) is 5.92 Å². The van der Waals surface area contributed by atoms with Gasteiger partial charge in [-0.2, -0.15) is 0 Å². The maximum atomic E-state index is 12.3. The molecule has 5 nitrogen and oxygen atoms in total. The summed E-state index contributed by atoms with van der Waals surface area (Å²) in [5.41, 5.74) is 2.26. The molecule has 1 aromatic carbocycles. The third-order valence-corrected chi connectivity index (χ3v) is 4.66. The zero-order valence-corrected chi connectivity index (χ0v) is 14.6. The Kier molecular flexibility index (Phi) is 5.28. The number of aromatic amines is 1. The summed E-state index contributed by atoms with van der Waals surface area (Å²) in [5.74, 6) is 1.51. The number of piperidine rings is 1. The van der Waals surface area contributed by atoms with Crippen molar-refractivity contribution in [3.8, 4) is 5.75 Å². The molecule has 0 saturated carbocycles. The number of carbonyl (C=O) groups excluding carboxylic acids is 1. The van der Waals surface area contributed by atoms with Crippen LogP contribution in [0.3, 0.4) is 0 Å². The highest BCUT2D eigenvalue weighted by Gasteiger charge is 2.20. The number of hydrogen-bond acceptors (Lipinski definition) is 2. The van der Waals surface area contributed by atoms with Gasteiger partial charge in [0.05, 0.1) is 6.61 Å². The van der Waals surface area contributed by atoms with E-state index in [1.807, 2.05) is 30.2 Å². The van der Waals surface area contributed by atoms with Crippen LogP contribution in [0.15, 0.2) is 24.4 Å². The first kappa shape index (κ1) is 16.7. The molecule has 1 saturated heterocycles. The maximum Gasteiger partial charge on any atom is 0.317 e. The Balaban J connectivity index is 1.60. The Morgan fingerprint density at radius 3 is 3.12 bits per heavy atom. The van der Waals surface area contributed by atoms with Crippen LogP contribution in [0.2, 0.25) is 0 Å². The number of urea groups is 1. The third-order valence-electron chi connectivity index (χ3n) is 4.66. The molecule has 1 aliphatic rings. The number of benzene rings is 1. The third kappa shape index (κ3) is 3.66. The van der Waals surface area contributed by atoms with Crippen molar-refractivity contribution in [3.63, 3.8) is 0 Å². The van der Waals surface area contributed by atoms with E-state index in [1.54, 1.807) is 0 Å². The average Bonchev–Trinajstić information content (AvgIpc) is 2.99. The molecule has 24 heavy (non-hydrogen) atoms. The van der Waals surface area contributed by atoms with Crippen LogP contribution in [-0.2, 0) is 6.42 Å². The first-order valence-electron chi connectivity index (χ1n) is 8.93. The molecule has 2 heterocycles. The lowest BCUT2D eigenvalue weighted by Crippen LogP contribution is -2.45. The molecule has 0 spiro atoms. The smallest absolute Gasteiger partial charge is 0.317 e. The van der Waals surface area contributed by atoms with Gasteiger partial charge in [-0.05, 0) is 49.8 Å². The fourth-order valence-corrected chi connectivity index (χ4v) is 3.48.